The molecule has 0 radical (unpaired) electrons. The van der Waals surface area contributed by atoms with Crippen LogP contribution in [-0.4, -0.2) is 78.5 Å². The first-order valence-electron chi connectivity index (χ1n) is 16.0. The number of hydrogen-bond donors (Lipinski definition) is 4. The predicted molar refractivity (Wildman–Crippen MR) is 181 cm³/mol. The van der Waals surface area contributed by atoms with Gasteiger partial charge in [-0.15, -0.1) is 0 Å². The predicted octanol–water partition coefficient (Wildman–Crippen LogP) is 3.21. The van der Waals surface area contributed by atoms with E-state index in [-0.39, 0.29) is 37.3 Å². The van der Waals surface area contributed by atoms with E-state index >= 15 is 0 Å². The third-order valence-electron chi connectivity index (χ3n) is 8.26. The van der Waals surface area contributed by atoms with Crippen molar-refractivity contribution in [3.8, 4) is 0 Å². The van der Waals surface area contributed by atoms with Crippen molar-refractivity contribution < 1.29 is 38.1 Å². The average Bonchev–Trinajstić information content (AvgIpc) is 3.02. The molecule has 0 aromatic heterocycles. The number of ether oxygens (including phenoxy) is 4. The molecule has 4 unspecified atom stereocenters. The number of carbonyl (C=O) groups is 4. The van der Waals surface area contributed by atoms with E-state index in [9.17, 15) is 19.2 Å². The summed E-state index contributed by atoms with van der Waals surface area (Å²) >= 11 is 0. The molecule has 4 bridgehead atoms. The van der Waals surface area contributed by atoms with Gasteiger partial charge in [-0.3, -0.25) is 19.2 Å². The molecular weight excluding hydrogens is 616 g/mol. The largest absolute Gasteiger partial charge is 0.382 e. The van der Waals surface area contributed by atoms with Crippen molar-refractivity contribution in [2.45, 2.75) is 76.5 Å². The van der Waals surface area contributed by atoms with E-state index in [2.05, 4.69) is 21.3 Å². The van der Waals surface area contributed by atoms with Crippen molar-refractivity contribution in [3.63, 3.8) is 0 Å². The van der Waals surface area contributed by atoms with E-state index in [0.717, 1.165) is 11.1 Å². The molecule has 3 rings (SSSR count). The van der Waals surface area contributed by atoms with E-state index in [4.69, 9.17) is 18.9 Å². The minimum atomic E-state index is -0.847. The second-order valence-electron chi connectivity index (χ2n) is 14.2. The second-order valence-corrected chi connectivity index (χ2v) is 14.2. The molecule has 12 nitrogen and oxygen atoms in total. The zero-order valence-electron chi connectivity index (χ0n) is 29.9. The van der Waals surface area contributed by atoms with Gasteiger partial charge in [-0.2, -0.15) is 0 Å². The zero-order chi connectivity index (χ0) is 35.8. The van der Waals surface area contributed by atoms with Gasteiger partial charge in [-0.05, 0) is 44.2 Å². The number of methoxy groups -OCH3 is 4. The maximum absolute atomic E-state index is 13.5. The lowest BCUT2D eigenvalue weighted by Gasteiger charge is -2.29. The Hall–Kier alpha value is -3.84. The SMILES string of the molecule is COCC1NC(=O)C(=O)NC(COC)c2cc(cc(C(C)(C)C)c2)C(COC)NC(=O)C(=O)NC(COC)c2cc1cc(C(C)(C)C)c2. The summed E-state index contributed by atoms with van der Waals surface area (Å²) in [6, 6.07) is 8.47. The third-order valence-corrected chi connectivity index (χ3v) is 8.26. The van der Waals surface area contributed by atoms with Crippen LogP contribution in [0.3, 0.4) is 0 Å². The molecule has 0 saturated carbocycles. The van der Waals surface area contributed by atoms with Crippen LogP contribution in [0.15, 0.2) is 36.4 Å². The van der Waals surface area contributed by atoms with E-state index in [1.165, 1.54) is 28.4 Å². The normalized spacial score (nSPS) is 21.4. The fraction of sp³-hybridized carbons (Fsp3) is 0.556. The Morgan fingerprint density at radius 2 is 0.646 bits per heavy atom. The van der Waals surface area contributed by atoms with Crippen LogP contribution in [0.1, 0.15) is 99.1 Å². The maximum Gasteiger partial charge on any atom is 0.309 e. The average molecular weight is 669 g/mol. The summed E-state index contributed by atoms with van der Waals surface area (Å²) < 4.78 is 21.9. The van der Waals surface area contributed by atoms with Gasteiger partial charge in [0.05, 0.1) is 50.6 Å². The van der Waals surface area contributed by atoms with Gasteiger partial charge in [0.1, 0.15) is 0 Å². The molecule has 1 heterocycles. The Labute approximate surface area is 284 Å². The Morgan fingerprint density at radius 1 is 0.438 bits per heavy atom. The van der Waals surface area contributed by atoms with Crippen LogP contribution < -0.4 is 21.3 Å². The van der Waals surface area contributed by atoms with Gasteiger partial charge in [-0.25, -0.2) is 0 Å². The lowest BCUT2D eigenvalue weighted by Crippen LogP contribution is -2.45. The first kappa shape index (κ1) is 38.6. The Balaban J connectivity index is 2.26. The van der Waals surface area contributed by atoms with E-state index in [0.29, 0.717) is 22.3 Å². The molecule has 4 N–H and O–H groups in total. The quantitative estimate of drug-likeness (QED) is 0.313. The molecule has 2 aromatic rings. The highest BCUT2D eigenvalue weighted by molar-refractivity contribution is 6.35. The molecule has 0 saturated heterocycles. The molecule has 4 atom stereocenters. The standard InChI is InChI=1S/C36H52N4O8/c1-35(2,3)25-13-21-11-22(14-25)28(18-46-8)38-32(42)34(44)40-30(20-48-10)24-12-23(15-26(16-24)36(4,5)6)29(19-47-9)39-33(43)31(41)37-27(21)17-45-7/h11-16,27-30H,17-20H2,1-10H3,(H,37,41)(H,38,42)(H,39,43)(H,40,44). The summed E-state index contributed by atoms with van der Waals surface area (Å²) in [6.07, 6.45) is 0. The molecule has 48 heavy (non-hydrogen) atoms. The lowest BCUT2D eigenvalue weighted by atomic mass is 9.83. The van der Waals surface area contributed by atoms with Crippen molar-refractivity contribution in [1.29, 1.82) is 0 Å². The molecule has 0 aliphatic carbocycles. The van der Waals surface area contributed by atoms with Crippen molar-refractivity contribution in [3.05, 3.63) is 69.8 Å². The topological polar surface area (TPSA) is 153 Å². The smallest absolute Gasteiger partial charge is 0.309 e. The Morgan fingerprint density at radius 3 is 0.812 bits per heavy atom. The van der Waals surface area contributed by atoms with Gasteiger partial charge >= 0.3 is 23.6 Å². The van der Waals surface area contributed by atoms with Crippen LogP contribution in [0.5, 0.6) is 0 Å². The van der Waals surface area contributed by atoms with Gasteiger partial charge in [0.25, 0.3) is 0 Å². The van der Waals surface area contributed by atoms with Gasteiger partial charge in [-0.1, -0.05) is 77.9 Å². The Bertz CT molecular complexity index is 1260. The number of benzene rings is 2. The third kappa shape index (κ3) is 10.1. The van der Waals surface area contributed by atoms with Crippen LogP contribution in [-0.2, 0) is 49.0 Å². The number of hydrogen-bond acceptors (Lipinski definition) is 8. The monoisotopic (exact) mass is 668 g/mol. The second kappa shape index (κ2) is 16.5. The molecule has 2 aromatic carbocycles. The molecule has 12 heteroatoms. The number of rotatable bonds is 8. The van der Waals surface area contributed by atoms with E-state index in [1.54, 1.807) is 0 Å². The molecule has 264 valence electrons. The fourth-order valence-electron chi connectivity index (χ4n) is 5.47. The van der Waals surface area contributed by atoms with Crippen LogP contribution in [0.2, 0.25) is 0 Å². The molecular formula is C36H52N4O8. The highest BCUT2D eigenvalue weighted by Crippen LogP contribution is 2.32. The zero-order valence-corrected chi connectivity index (χ0v) is 29.9. The highest BCUT2D eigenvalue weighted by atomic mass is 16.5. The first-order chi connectivity index (χ1) is 22.5. The van der Waals surface area contributed by atoms with Gasteiger partial charge in [0.15, 0.2) is 0 Å². The van der Waals surface area contributed by atoms with Crippen LogP contribution in [0.4, 0.5) is 0 Å². The molecule has 0 fully saturated rings. The highest BCUT2D eigenvalue weighted by Gasteiger charge is 2.30. The summed E-state index contributed by atoms with van der Waals surface area (Å²) in [5, 5.41) is 11.3. The fourth-order valence-corrected chi connectivity index (χ4v) is 5.47. The van der Waals surface area contributed by atoms with E-state index in [1.807, 2.05) is 77.9 Å². The summed E-state index contributed by atoms with van der Waals surface area (Å²) in [5.41, 5.74) is 3.73. The summed E-state index contributed by atoms with van der Waals surface area (Å²) in [7, 11) is 6.02. The molecule has 0 spiro atoms. The van der Waals surface area contributed by atoms with Gasteiger partial charge in [0, 0.05) is 28.4 Å². The van der Waals surface area contributed by atoms with Gasteiger partial charge < -0.3 is 40.2 Å². The number of fused-ring (bicyclic) bond motifs is 4. The number of nitrogens with one attached hydrogen (secondary N) is 4. The maximum atomic E-state index is 13.5. The Kier molecular flexibility index (Phi) is 13.3. The lowest BCUT2D eigenvalue weighted by molar-refractivity contribution is -0.140. The minimum absolute atomic E-state index is 0.0646. The van der Waals surface area contributed by atoms with Crippen molar-refractivity contribution in [2.75, 3.05) is 54.9 Å². The molecule has 1 aliphatic heterocycles. The first-order valence-corrected chi connectivity index (χ1v) is 16.0. The summed E-state index contributed by atoms with van der Waals surface area (Å²) in [6.45, 7) is 12.5. The van der Waals surface area contributed by atoms with Crippen LogP contribution in [0.25, 0.3) is 0 Å². The van der Waals surface area contributed by atoms with Gasteiger partial charge in [0.2, 0.25) is 0 Å². The van der Waals surface area contributed by atoms with Crippen LogP contribution >= 0.6 is 0 Å². The summed E-state index contributed by atoms with van der Waals surface area (Å²) in [4.78, 5) is 54.0. The van der Waals surface area contributed by atoms with Crippen LogP contribution in [0, 0.1) is 0 Å². The van der Waals surface area contributed by atoms with E-state index < -0.39 is 47.8 Å². The van der Waals surface area contributed by atoms with Crippen molar-refractivity contribution in [1.82, 2.24) is 21.3 Å². The minimum Gasteiger partial charge on any atom is -0.382 e. The summed E-state index contributed by atoms with van der Waals surface area (Å²) in [5.74, 6) is -3.39. The molecule has 4 amide bonds. The van der Waals surface area contributed by atoms with Crippen molar-refractivity contribution >= 4 is 23.6 Å². The number of amides is 4. The number of carbonyl (C=O) groups excluding carboxylic acids is 4. The van der Waals surface area contributed by atoms with Crippen molar-refractivity contribution in [2.24, 2.45) is 0 Å². The molecule has 1 aliphatic rings.